The van der Waals surface area contributed by atoms with Crippen molar-refractivity contribution in [2.45, 2.75) is 18.9 Å². The van der Waals surface area contributed by atoms with E-state index in [4.69, 9.17) is 23.8 Å². The van der Waals surface area contributed by atoms with Crippen molar-refractivity contribution in [1.29, 1.82) is 0 Å². The maximum atomic E-state index is 12.6. The lowest BCUT2D eigenvalue weighted by Crippen LogP contribution is -2.40. The summed E-state index contributed by atoms with van der Waals surface area (Å²) in [7, 11) is -1.45. The molecular weight excluding hydrogens is 440 g/mol. The fraction of sp³-hybridized carbons (Fsp3) is 0.389. The summed E-state index contributed by atoms with van der Waals surface area (Å²) in [6, 6.07) is 6.80. The van der Waals surface area contributed by atoms with Crippen LogP contribution >= 0.6 is 35.6 Å². The van der Waals surface area contributed by atoms with E-state index in [0.717, 1.165) is 5.56 Å². The number of sulfone groups is 1. The van der Waals surface area contributed by atoms with Gasteiger partial charge >= 0.3 is 0 Å². The molecule has 1 atom stereocenters. The van der Waals surface area contributed by atoms with Crippen LogP contribution in [0.4, 0.5) is 0 Å². The maximum Gasteiger partial charge on any atom is 0.266 e. The number of hydrogen-bond acceptors (Lipinski definition) is 6. The SMILES string of the molecule is CN(C(=O)CCN1C(=O)/C(=C/c2ccc(Cl)cc2)SC1=S)C1CCS(=O)(=O)C1. The van der Waals surface area contributed by atoms with Crippen molar-refractivity contribution in [3.8, 4) is 0 Å². The van der Waals surface area contributed by atoms with Crippen LogP contribution in [0.3, 0.4) is 0 Å². The fourth-order valence-corrected chi connectivity index (χ4v) is 6.28. The van der Waals surface area contributed by atoms with Gasteiger partial charge in [0, 0.05) is 31.1 Å². The van der Waals surface area contributed by atoms with E-state index in [9.17, 15) is 18.0 Å². The summed E-state index contributed by atoms with van der Waals surface area (Å²) >= 11 is 12.4. The first-order valence-electron chi connectivity index (χ1n) is 8.63. The Bertz CT molecular complexity index is 944. The lowest BCUT2D eigenvalue weighted by Gasteiger charge is -2.24. The number of carbonyl (C=O) groups is 2. The summed E-state index contributed by atoms with van der Waals surface area (Å²) in [6.45, 7) is 0.172. The minimum absolute atomic E-state index is 0.000126. The van der Waals surface area contributed by atoms with Crippen molar-refractivity contribution < 1.29 is 18.0 Å². The monoisotopic (exact) mass is 458 g/mol. The molecule has 2 aliphatic heterocycles. The number of benzene rings is 1. The number of carbonyl (C=O) groups excluding carboxylic acids is 2. The van der Waals surface area contributed by atoms with E-state index in [2.05, 4.69) is 0 Å². The van der Waals surface area contributed by atoms with E-state index < -0.39 is 9.84 Å². The van der Waals surface area contributed by atoms with Crippen molar-refractivity contribution >= 4 is 67.6 Å². The standard InChI is InChI=1S/C18H19ClN2O4S3/c1-20(14-7-9-28(24,25)11-14)16(22)6-8-21-17(23)15(27-18(21)26)10-12-2-4-13(19)5-3-12/h2-5,10,14H,6-9,11H2,1H3/b15-10-. The van der Waals surface area contributed by atoms with Crippen LogP contribution in [0.25, 0.3) is 6.08 Å². The number of thiocarbonyl (C=S) groups is 1. The van der Waals surface area contributed by atoms with Gasteiger partial charge in [-0.25, -0.2) is 8.42 Å². The van der Waals surface area contributed by atoms with E-state index in [1.807, 2.05) is 12.1 Å². The Morgan fingerprint density at radius 1 is 1.39 bits per heavy atom. The highest BCUT2D eigenvalue weighted by Gasteiger charge is 2.35. The molecule has 2 saturated heterocycles. The van der Waals surface area contributed by atoms with Gasteiger partial charge in [0.15, 0.2) is 9.84 Å². The van der Waals surface area contributed by atoms with Gasteiger partial charge in [-0.2, -0.15) is 0 Å². The maximum absolute atomic E-state index is 12.6. The molecule has 1 aromatic rings. The van der Waals surface area contributed by atoms with E-state index in [1.54, 1.807) is 25.3 Å². The first-order chi connectivity index (χ1) is 13.2. The highest BCUT2D eigenvalue weighted by atomic mass is 35.5. The van der Waals surface area contributed by atoms with Crippen LogP contribution in [-0.4, -0.2) is 65.5 Å². The summed E-state index contributed by atoms with van der Waals surface area (Å²) in [5.41, 5.74) is 0.836. The average Bonchev–Trinajstić information content (AvgIpc) is 3.13. The predicted octanol–water partition coefficient (Wildman–Crippen LogP) is 2.58. The van der Waals surface area contributed by atoms with E-state index in [1.165, 1.54) is 21.6 Å². The third-order valence-electron chi connectivity index (χ3n) is 4.74. The molecular formula is C18H19ClN2O4S3. The van der Waals surface area contributed by atoms with Gasteiger partial charge in [0.1, 0.15) is 4.32 Å². The van der Waals surface area contributed by atoms with Crippen LogP contribution in [0.1, 0.15) is 18.4 Å². The number of nitrogens with zero attached hydrogens (tertiary/aromatic N) is 2. The normalized spacial score (nSPS) is 22.9. The molecule has 2 fully saturated rings. The first-order valence-corrected chi connectivity index (χ1v) is 12.1. The molecule has 1 unspecified atom stereocenters. The molecule has 0 saturated carbocycles. The van der Waals surface area contributed by atoms with Gasteiger partial charge < -0.3 is 4.90 Å². The molecule has 6 nitrogen and oxygen atoms in total. The molecule has 2 amide bonds. The summed E-state index contributed by atoms with van der Waals surface area (Å²) in [5.74, 6) is -0.318. The molecule has 1 aromatic carbocycles. The lowest BCUT2D eigenvalue weighted by molar-refractivity contribution is -0.132. The molecule has 2 heterocycles. The molecule has 0 bridgehead atoms. The van der Waals surface area contributed by atoms with Gasteiger partial charge in [-0.3, -0.25) is 14.5 Å². The number of rotatable bonds is 5. The Morgan fingerprint density at radius 2 is 2.07 bits per heavy atom. The zero-order valence-corrected chi connectivity index (χ0v) is 18.3. The number of halogens is 1. The van der Waals surface area contributed by atoms with Crippen LogP contribution in [-0.2, 0) is 19.4 Å². The van der Waals surface area contributed by atoms with Crippen molar-refractivity contribution in [2.24, 2.45) is 0 Å². The largest absolute Gasteiger partial charge is 0.342 e. The van der Waals surface area contributed by atoms with E-state index in [-0.39, 0.29) is 42.3 Å². The predicted molar refractivity (Wildman–Crippen MR) is 116 cm³/mol. The van der Waals surface area contributed by atoms with Gasteiger partial charge in [0.05, 0.1) is 16.4 Å². The summed E-state index contributed by atoms with van der Waals surface area (Å²) in [5, 5.41) is 0.613. The third kappa shape index (κ3) is 4.94. The summed E-state index contributed by atoms with van der Waals surface area (Å²) in [6.07, 6.45) is 2.29. The second-order valence-electron chi connectivity index (χ2n) is 6.70. The summed E-state index contributed by atoms with van der Waals surface area (Å²) < 4.78 is 23.6. The van der Waals surface area contributed by atoms with Gasteiger partial charge in [-0.1, -0.05) is 47.7 Å². The average molecular weight is 459 g/mol. The van der Waals surface area contributed by atoms with Gasteiger partial charge in [-0.15, -0.1) is 0 Å². The zero-order valence-electron chi connectivity index (χ0n) is 15.1. The minimum Gasteiger partial charge on any atom is -0.342 e. The molecule has 0 N–H and O–H groups in total. The molecule has 0 aromatic heterocycles. The smallest absolute Gasteiger partial charge is 0.266 e. The molecule has 0 aliphatic carbocycles. The van der Waals surface area contributed by atoms with Crippen molar-refractivity contribution in [1.82, 2.24) is 9.80 Å². The Morgan fingerprint density at radius 3 is 2.68 bits per heavy atom. The number of hydrogen-bond donors (Lipinski definition) is 0. The second kappa shape index (κ2) is 8.52. The molecule has 0 radical (unpaired) electrons. The molecule has 2 aliphatic rings. The third-order valence-corrected chi connectivity index (χ3v) is 8.12. The van der Waals surface area contributed by atoms with E-state index >= 15 is 0 Å². The van der Waals surface area contributed by atoms with E-state index in [0.29, 0.717) is 20.7 Å². The molecule has 0 spiro atoms. The topological polar surface area (TPSA) is 74.8 Å². The first kappa shape index (κ1) is 21.3. The van der Waals surface area contributed by atoms with Crippen molar-refractivity contribution in [3.05, 3.63) is 39.8 Å². The summed E-state index contributed by atoms with van der Waals surface area (Å²) in [4.78, 5) is 28.5. The van der Waals surface area contributed by atoms with Crippen molar-refractivity contribution in [2.75, 3.05) is 25.1 Å². The number of amides is 2. The second-order valence-corrected chi connectivity index (χ2v) is 11.0. The highest BCUT2D eigenvalue weighted by molar-refractivity contribution is 8.26. The zero-order chi connectivity index (χ0) is 20.5. The minimum atomic E-state index is -3.06. The van der Waals surface area contributed by atoms with Gasteiger partial charge in [-0.05, 0) is 30.2 Å². The lowest BCUT2D eigenvalue weighted by atomic mass is 10.2. The fourth-order valence-electron chi connectivity index (χ4n) is 3.07. The quantitative estimate of drug-likeness (QED) is 0.498. The van der Waals surface area contributed by atoms with Crippen LogP contribution in [0, 0.1) is 0 Å². The van der Waals surface area contributed by atoms with Crippen molar-refractivity contribution in [3.63, 3.8) is 0 Å². The van der Waals surface area contributed by atoms with Crippen LogP contribution in [0.15, 0.2) is 29.2 Å². The van der Waals surface area contributed by atoms with Crippen LogP contribution in [0.2, 0.25) is 5.02 Å². The Labute approximate surface area is 178 Å². The van der Waals surface area contributed by atoms with Crippen LogP contribution < -0.4 is 0 Å². The Hall–Kier alpha value is -1.42. The molecule has 10 heteroatoms. The number of thioether (sulfide) groups is 1. The van der Waals surface area contributed by atoms with Crippen LogP contribution in [0.5, 0.6) is 0 Å². The highest BCUT2D eigenvalue weighted by Crippen LogP contribution is 2.33. The molecule has 28 heavy (non-hydrogen) atoms. The van der Waals surface area contributed by atoms with Gasteiger partial charge in [0.2, 0.25) is 5.91 Å². The Kier molecular flexibility index (Phi) is 6.48. The Balaban J connectivity index is 1.60. The van der Waals surface area contributed by atoms with Gasteiger partial charge in [0.25, 0.3) is 5.91 Å². The molecule has 3 rings (SSSR count). The molecule has 150 valence electrons.